The molecule has 0 spiro atoms. The van der Waals surface area contributed by atoms with Crippen molar-refractivity contribution >= 4 is 11.6 Å². The van der Waals surface area contributed by atoms with Crippen molar-refractivity contribution in [1.29, 1.82) is 0 Å². The summed E-state index contributed by atoms with van der Waals surface area (Å²) in [7, 11) is 0. The summed E-state index contributed by atoms with van der Waals surface area (Å²) in [6, 6.07) is 10.6. The van der Waals surface area contributed by atoms with E-state index in [0.29, 0.717) is 13.1 Å². The van der Waals surface area contributed by atoms with E-state index in [4.69, 9.17) is 11.6 Å². The zero-order valence-corrected chi connectivity index (χ0v) is 10.8. The Balaban J connectivity index is 1.90. The quantitative estimate of drug-likeness (QED) is 0.915. The Morgan fingerprint density at radius 1 is 1.22 bits per heavy atom. The highest BCUT2D eigenvalue weighted by Gasteiger charge is 2.01. The first-order valence-corrected chi connectivity index (χ1v) is 6.10. The normalized spacial score (nSPS) is 10.6. The molecule has 18 heavy (non-hydrogen) atoms. The van der Waals surface area contributed by atoms with Crippen LogP contribution in [0.2, 0.25) is 5.02 Å². The first kappa shape index (κ1) is 13.0. The lowest BCUT2D eigenvalue weighted by atomic mass is 10.2. The van der Waals surface area contributed by atoms with Gasteiger partial charge in [0.15, 0.2) is 0 Å². The molecule has 0 bridgehead atoms. The Kier molecular flexibility index (Phi) is 4.28. The molecule has 1 heterocycles. The molecule has 1 N–H and O–H groups in total. The molecule has 1 aromatic heterocycles. The van der Waals surface area contributed by atoms with Gasteiger partial charge in [-0.2, -0.15) is 0 Å². The average Bonchev–Trinajstić information content (AvgIpc) is 2.34. The zero-order chi connectivity index (χ0) is 13.0. The monoisotopic (exact) mass is 264 g/mol. The van der Waals surface area contributed by atoms with Crippen molar-refractivity contribution < 1.29 is 4.39 Å². The van der Waals surface area contributed by atoms with Gasteiger partial charge in [-0.05, 0) is 36.8 Å². The van der Waals surface area contributed by atoms with Crippen LogP contribution in [0.5, 0.6) is 0 Å². The fourth-order valence-corrected chi connectivity index (χ4v) is 1.89. The third-order valence-corrected chi connectivity index (χ3v) is 2.85. The lowest BCUT2D eigenvalue weighted by Crippen LogP contribution is -2.13. The van der Waals surface area contributed by atoms with Gasteiger partial charge in [0.05, 0.1) is 10.7 Å². The minimum atomic E-state index is -0.388. The standard InChI is InChI=1S/C14H14ClFN2/c1-10-3-2-4-12(18-10)9-17-8-11-5-6-14(16)13(15)7-11/h2-7,17H,8-9H2,1H3. The van der Waals surface area contributed by atoms with Crippen LogP contribution in [0.1, 0.15) is 17.0 Å². The third kappa shape index (κ3) is 3.52. The summed E-state index contributed by atoms with van der Waals surface area (Å²) in [5.74, 6) is -0.388. The van der Waals surface area contributed by atoms with E-state index >= 15 is 0 Å². The van der Waals surface area contributed by atoms with Crippen molar-refractivity contribution in [2.75, 3.05) is 0 Å². The van der Waals surface area contributed by atoms with E-state index in [9.17, 15) is 4.39 Å². The van der Waals surface area contributed by atoms with E-state index in [-0.39, 0.29) is 10.8 Å². The van der Waals surface area contributed by atoms with Crippen LogP contribution in [0.4, 0.5) is 4.39 Å². The number of halogens is 2. The molecule has 0 unspecified atom stereocenters. The maximum absolute atomic E-state index is 13.0. The highest BCUT2D eigenvalue weighted by atomic mass is 35.5. The van der Waals surface area contributed by atoms with E-state index in [1.165, 1.54) is 6.07 Å². The minimum Gasteiger partial charge on any atom is -0.307 e. The summed E-state index contributed by atoms with van der Waals surface area (Å²) < 4.78 is 13.0. The van der Waals surface area contributed by atoms with Gasteiger partial charge in [-0.3, -0.25) is 4.98 Å². The number of hydrogen-bond acceptors (Lipinski definition) is 2. The van der Waals surface area contributed by atoms with Gasteiger partial charge in [0.25, 0.3) is 0 Å². The van der Waals surface area contributed by atoms with Gasteiger partial charge in [0.1, 0.15) is 5.82 Å². The van der Waals surface area contributed by atoms with Crippen LogP contribution >= 0.6 is 11.6 Å². The highest BCUT2D eigenvalue weighted by molar-refractivity contribution is 6.30. The molecule has 0 atom stereocenters. The number of aromatic nitrogens is 1. The smallest absolute Gasteiger partial charge is 0.141 e. The van der Waals surface area contributed by atoms with Crippen LogP contribution < -0.4 is 5.32 Å². The maximum atomic E-state index is 13.0. The zero-order valence-electron chi connectivity index (χ0n) is 10.1. The summed E-state index contributed by atoms with van der Waals surface area (Å²) in [5.41, 5.74) is 2.94. The lowest BCUT2D eigenvalue weighted by molar-refractivity contribution is 0.624. The van der Waals surface area contributed by atoms with Crippen molar-refractivity contribution in [2.45, 2.75) is 20.0 Å². The lowest BCUT2D eigenvalue weighted by Gasteiger charge is -2.06. The minimum absolute atomic E-state index is 0.156. The van der Waals surface area contributed by atoms with Crippen molar-refractivity contribution in [2.24, 2.45) is 0 Å². The Labute approximate surface area is 111 Å². The van der Waals surface area contributed by atoms with Gasteiger partial charge in [-0.25, -0.2) is 4.39 Å². The van der Waals surface area contributed by atoms with E-state index in [2.05, 4.69) is 10.3 Å². The van der Waals surface area contributed by atoms with Gasteiger partial charge in [-0.1, -0.05) is 23.7 Å². The largest absolute Gasteiger partial charge is 0.307 e. The number of rotatable bonds is 4. The van der Waals surface area contributed by atoms with Gasteiger partial charge in [-0.15, -0.1) is 0 Å². The van der Waals surface area contributed by atoms with Crippen molar-refractivity contribution in [3.05, 3.63) is 64.2 Å². The molecule has 2 rings (SSSR count). The van der Waals surface area contributed by atoms with Crippen molar-refractivity contribution in [1.82, 2.24) is 10.3 Å². The van der Waals surface area contributed by atoms with Crippen molar-refractivity contribution in [3.8, 4) is 0 Å². The SMILES string of the molecule is Cc1cccc(CNCc2ccc(F)c(Cl)c2)n1. The maximum Gasteiger partial charge on any atom is 0.141 e. The van der Waals surface area contributed by atoms with Crippen LogP contribution in [0.3, 0.4) is 0 Å². The van der Waals surface area contributed by atoms with Crippen LogP contribution in [-0.4, -0.2) is 4.98 Å². The molecule has 0 fully saturated rings. The summed E-state index contributed by atoms with van der Waals surface area (Å²) in [6.07, 6.45) is 0. The van der Waals surface area contributed by atoms with Gasteiger partial charge in [0, 0.05) is 18.8 Å². The Morgan fingerprint density at radius 2 is 2.06 bits per heavy atom. The molecule has 0 saturated heterocycles. The van der Waals surface area contributed by atoms with Gasteiger partial charge < -0.3 is 5.32 Å². The predicted molar refractivity (Wildman–Crippen MR) is 70.9 cm³/mol. The molecule has 0 aliphatic rings. The summed E-state index contributed by atoms with van der Waals surface area (Å²) >= 11 is 5.72. The Morgan fingerprint density at radius 3 is 2.78 bits per heavy atom. The topological polar surface area (TPSA) is 24.9 Å². The van der Waals surface area contributed by atoms with E-state index in [0.717, 1.165) is 17.0 Å². The highest BCUT2D eigenvalue weighted by Crippen LogP contribution is 2.15. The van der Waals surface area contributed by atoms with E-state index < -0.39 is 0 Å². The molecule has 94 valence electrons. The number of nitrogens with one attached hydrogen (secondary N) is 1. The molecule has 0 amide bonds. The summed E-state index contributed by atoms with van der Waals surface area (Å²) in [5, 5.41) is 3.40. The van der Waals surface area contributed by atoms with E-state index in [1.807, 2.05) is 25.1 Å². The molecule has 4 heteroatoms. The number of pyridine rings is 1. The second-order valence-corrected chi connectivity index (χ2v) is 4.53. The third-order valence-electron chi connectivity index (χ3n) is 2.57. The molecule has 0 saturated carbocycles. The number of nitrogens with zero attached hydrogens (tertiary/aromatic N) is 1. The summed E-state index contributed by atoms with van der Waals surface area (Å²) in [4.78, 5) is 4.39. The number of aryl methyl sites for hydroxylation is 1. The molecule has 0 radical (unpaired) electrons. The van der Waals surface area contributed by atoms with Gasteiger partial charge >= 0.3 is 0 Å². The Bertz CT molecular complexity index is 543. The van der Waals surface area contributed by atoms with Crippen LogP contribution in [0, 0.1) is 12.7 Å². The number of benzene rings is 1. The molecule has 0 aliphatic carbocycles. The molecule has 2 aromatic rings. The van der Waals surface area contributed by atoms with Crippen LogP contribution in [-0.2, 0) is 13.1 Å². The molecular weight excluding hydrogens is 251 g/mol. The molecular formula is C14H14ClFN2. The average molecular weight is 265 g/mol. The van der Waals surface area contributed by atoms with Crippen LogP contribution in [0.15, 0.2) is 36.4 Å². The fraction of sp³-hybridized carbons (Fsp3) is 0.214. The second kappa shape index (κ2) is 5.94. The molecule has 1 aromatic carbocycles. The molecule has 2 nitrogen and oxygen atoms in total. The fourth-order valence-electron chi connectivity index (χ4n) is 1.68. The Hall–Kier alpha value is -1.45. The predicted octanol–water partition coefficient (Wildman–Crippen LogP) is 3.47. The van der Waals surface area contributed by atoms with Crippen molar-refractivity contribution in [3.63, 3.8) is 0 Å². The first-order chi connectivity index (χ1) is 8.65. The number of hydrogen-bond donors (Lipinski definition) is 1. The van der Waals surface area contributed by atoms with E-state index in [1.54, 1.807) is 12.1 Å². The second-order valence-electron chi connectivity index (χ2n) is 4.12. The first-order valence-electron chi connectivity index (χ1n) is 5.72. The van der Waals surface area contributed by atoms with Gasteiger partial charge in [0.2, 0.25) is 0 Å². The molecule has 0 aliphatic heterocycles. The van der Waals surface area contributed by atoms with Crippen LogP contribution in [0.25, 0.3) is 0 Å². The summed E-state index contributed by atoms with van der Waals surface area (Å²) in [6.45, 7) is 3.27.